The van der Waals surface area contributed by atoms with Crippen molar-refractivity contribution in [2.45, 2.75) is 25.9 Å². The van der Waals surface area contributed by atoms with Crippen LogP contribution in [-0.2, 0) is 9.53 Å². The molecule has 0 aromatic carbocycles. The molecule has 2 rings (SSSR count). The Bertz CT molecular complexity index is 477. The molecule has 0 radical (unpaired) electrons. The maximum absolute atomic E-state index is 12.5. The lowest BCUT2D eigenvalue weighted by Crippen LogP contribution is -2.55. The van der Waals surface area contributed by atoms with Crippen molar-refractivity contribution < 1.29 is 9.53 Å². The van der Waals surface area contributed by atoms with Crippen LogP contribution in [0.25, 0.3) is 0 Å². The molecule has 21 heavy (non-hydrogen) atoms. The van der Waals surface area contributed by atoms with Gasteiger partial charge in [0.15, 0.2) is 0 Å². The number of methoxy groups -OCH3 is 1. The average Bonchev–Trinajstić information content (AvgIpc) is 2.54. The van der Waals surface area contributed by atoms with Crippen molar-refractivity contribution in [1.29, 1.82) is 0 Å². The van der Waals surface area contributed by atoms with Gasteiger partial charge in [-0.1, -0.05) is 6.92 Å². The van der Waals surface area contributed by atoms with E-state index >= 15 is 0 Å². The molecule has 0 aliphatic carbocycles. The Kier molecular flexibility index (Phi) is 4.67. The molecule has 1 aliphatic heterocycles. The number of pyridine rings is 1. The molecular weight excluding hydrogens is 268 g/mol. The number of aromatic nitrogens is 1. The number of nitrogen functional groups attached to an aromatic ring is 1. The van der Waals surface area contributed by atoms with Gasteiger partial charge in [-0.05, 0) is 25.5 Å². The molecule has 1 aliphatic rings. The Labute approximate surface area is 125 Å². The van der Waals surface area contributed by atoms with E-state index in [1.165, 1.54) is 0 Å². The van der Waals surface area contributed by atoms with Crippen LogP contribution in [0.4, 0.5) is 11.5 Å². The van der Waals surface area contributed by atoms with E-state index in [-0.39, 0.29) is 5.91 Å². The van der Waals surface area contributed by atoms with E-state index in [4.69, 9.17) is 10.5 Å². The second-order valence-corrected chi connectivity index (χ2v) is 5.51. The molecule has 0 saturated carbocycles. The normalized spacial score (nSPS) is 18.4. The van der Waals surface area contributed by atoms with Crippen LogP contribution in [0.5, 0.6) is 0 Å². The smallest absolute Gasteiger partial charge is 0.254 e. The number of hydrogen-bond donors (Lipinski definition) is 1. The summed E-state index contributed by atoms with van der Waals surface area (Å²) >= 11 is 0. The molecule has 0 spiro atoms. The summed E-state index contributed by atoms with van der Waals surface area (Å²) in [6, 6.07) is 3.76. The highest BCUT2D eigenvalue weighted by atomic mass is 16.5. The summed E-state index contributed by atoms with van der Waals surface area (Å²) < 4.78 is 5.40. The minimum absolute atomic E-state index is 0.0718. The van der Waals surface area contributed by atoms with Crippen LogP contribution >= 0.6 is 0 Å². The molecule has 2 heterocycles. The second kappa shape index (κ2) is 6.30. The molecule has 6 nitrogen and oxygen atoms in total. The van der Waals surface area contributed by atoms with E-state index < -0.39 is 5.60 Å². The lowest BCUT2D eigenvalue weighted by Gasteiger charge is -2.39. The molecule has 1 aromatic rings. The molecule has 1 saturated heterocycles. The van der Waals surface area contributed by atoms with Crippen LogP contribution in [0.1, 0.15) is 20.3 Å². The van der Waals surface area contributed by atoms with Crippen molar-refractivity contribution in [3.63, 3.8) is 0 Å². The van der Waals surface area contributed by atoms with E-state index in [2.05, 4.69) is 9.88 Å². The number of ether oxygens (including phenoxy) is 1. The first-order valence-electron chi connectivity index (χ1n) is 7.31. The van der Waals surface area contributed by atoms with Crippen LogP contribution < -0.4 is 10.6 Å². The fraction of sp³-hybridized carbons (Fsp3) is 0.600. The number of carbonyl (C=O) groups excluding carboxylic acids is 1. The lowest BCUT2D eigenvalue weighted by molar-refractivity contribution is -0.153. The SMILES string of the molecule is CCC(C)(OC)C(=O)N1CCN(c2ccc(N)nc2)CC1. The number of amides is 1. The van der Waals surface area contributed by atoms with Gasteiger partial charge in [-0.25, -0.2) is 4.98 Å². The summed E-state index contributed by atoms with van der Waals surface area (Å²) in [5, 5.41) is 0. The molecule has 116 valence electrons. The monoisotopic (exact) mass is 292 g/mol. The van der Waals surface area contributed by atoms with Crippen LogP contribution in [0, 0.1) is 0 Å². The fourth-order valence-corrected chi connectivity index (χ4v) is 2.47. The van der Waals surface area contributed by atoms with Crippen molar-refractivity contribution in [3.05, 3.63) is 18.3 Å². The maximum atomic E-state index is 12.5. The molecule has 2 N–H and O–H groups in total. The third kappa shape index (κ3) is 3.26. The summed E-state index contributed by atoms with van der Waals surface area (Å²) in [5.41, 5.74) is 5.93. The number of carbonyl (C=O) groups is 1. The highest BCUT2D eigenvalue weighted by Gasteiger charge is 2.36. The number of nitrogens with zero attached hydrogens (tertiary/aromatic N) is 3. The molecule has 1 aromatic heterocycles. The summed E-state index contributed by atoms with van der Waals surface area (Å²) in [4.78, 5) is 20.7. The topological polar surface area (TPSA) is 71.7 Å². The number of nitrogens with two attached hydrogens (primary N) is 1. The van der Waals surface area contributed by atoms with E-state index in [0.717, 1.165) is 18.8 Å². The van der Waals surface area contributed by atoms with Gasteiger partial charge < -0.3 is 20.3 Å². The Morgan fingerprint density at radius 2 is 2.05 bits per heavy atom. The van der Waals surface area contributed by atoms with Gasteiger partial charge in [-0.15, -0.1) is 0 Å². The Morgan fingerprint density at radius 3 is 2.52 bits per heavy atom. The number of hydrogen-bond acceptors (Lipinski definition) is 5. The van der Waals surface area contributed by atoms with Crippen LogP contribution in [-0.4, -0.2) is 54.7 Å². The number of anilines is 2. The van der Waals surface area contributed by atoms with Crippen LogP contribution in [0.2, 0.25) is 0 Å². The van der Waals surface area contributed by atoms with Gasteiger partial charge in [-0.2, -0.15) is 0 Å². The molecular formula is C15H24N4O2. The van der Waals surface area contributed by atoms with E-state index in [9.17, 15) is 4.79 Å². The molecule has 1 amide bonds. The number of rotatable bonds is 4. The summed E-state index contributed by atoms with van der Waals surface area (Å²) in [6.07, 6.45) is 2.45. The average molecular weight is 292 g/mol. The predicted molar refractivity (Wildman–Crippen MR) is 83.1 cm³/mol. The molecule has 6 heteroatoms. The van der Waals surface area contributed by atoms with Crippen molar-refractivity contribution in [2.75, 3.05) is 43.9 Å². The third-order valence-electron chi connectivity index (χ3n) is 4.28. The molecule has 1 atom stereocenters. The second-order valence-electron chi connectivity index (χ2n) is 5.51. The van der Waals surface area contributed by atoms with Gasteiger partial charge in [-0.3, -0.25) is 4.79 Å². The van der Waals surface area contributed by atoms with E-state index in [1.807, 2.05) is 24.8 Å². The van der Waals surface area contributed by atoms with Gasteiger partial charge >= 0.3 is 0 Å². The van der Waals surface area contributed by atoms with Crippen molar-refractivity contribution in [1.82, 2.24) is 9.88 Å². The van der Waals surface area contributed by atoms with Crippen LogP contribution in [0.3, 0.4) is 0 Å². The van der Waals surface area contributed by atoms with Crippen molar-refractivity contribution in [3.8, 4) is 0 Å². The predicted octanol–water partition coefficient (Wildman–Crippen LogP) is 1.13. The van der Waals surface area contributed by atoms with Gasteiger partial charge in [0.25, 0.3) is 5.91 Å². The van der Waals surface area contributed by atoms with E-state index in [0.29, 0.717) is 25.3 Å². The standard InChI is InChI=1S/C15H24N4O2/c1-4-15(2,21-3)14(20)19-9-7-18(8-10-19)12-5-6-13(16)17-11-12/h5-6,11H,4,7-10H2,1-3H3,(H2,16,17). The Hall–Kier alpha value is -1.82. The molecule has 1 unspecified atom stereocenters. The number of piperazine rings is 1. The van der Waals surface area contributed by atoms with Crippen molar-refractivity contribution in [2.24, 2.45) is 0 Å². The third-order valence-corrected chi connectivity index (χ3v) is 4.28. The Balaban J connectivity index is 1.97. The fourth-order valence-electron chi connectivity index (χ4n) is 2.47. The zero-order valence-corrected chi connectivity index (χ0v) is 13.0. The summed E-state index contributed by atoms with van der Waals surface area (Å²) in [7, 11) is 1.59. The van der Waals surface area contributed by atoms with Crippen LogP contribution in [0.15, 0.2) is 18.3 Å². The van der Waals surface area contributed by atoms with Gasteiger partial charge in [0.1, 0.15) is 11.4 Å². The zero-order valence-electron chi connectivity index (χ0n) is 13.0. The van der Waals surface area contributed by atoms with Gasteiger partial charge in [0.2, 0.25) is 0 Å². The largest absolute Gasteiger partial charge is 0.384 e. The van der Waals surface area contributed by atoms with Gasteiger partial charge in [0.05, 0.1) is 11.9 Å². The van der Waals surface area contributed by atoms with Crippen molar-refractivity contribution >= 4 is 17.4 Å². The first-order valence-corrected chi connectivity index (χ1v) is 7.31. The van der Waals surface area contributed by atoms with E-state index in [1.54, 1.807) is 19.4 Å². The molecule has 1 fully saturated rings. The maximum Gasteiger partial charge on any atom is 0.254 e. The highest BCUT2D eigenvalue weighted by Crippen LogP contribution is 2.21. The van der Waals surface area contributed by atoms with Gasteiger partial charge in [0, 0.05) is 33.3 Å². The lowest BCUT2D eigenvalue weighted by atomic mass is 10.0. The molecule has 0 bridgehead atoms. The highest BCUT2D eigenvalue weighted by molar-refractivity contribution is 5.85. The first-order chi connectivity index (χ1) is 10.00. The minimum Gasteiger partial charge on any atom is -0.384 e. The summed E-state index contributed by atoms with van der Waals surface area (Å²) in [5.74, 6) is 0.592. The first kappa shape index (κ1) is 15.6. The Morgan fingerprint density at radius 1 is 1.38 bits per heavy atom. The minimum atomic E-state index is -0.717. The summed E-state index contributed by atoms with van der Waals surface area (Å²) in [6.45, 7) is 6.80. The zero-order chi connectivity index (χ0) is 15.5. The quantitative estimate of drug-likeness (QED) is 0.900.